The van der Waals surface area contributed by atoms with Crippen LogP contribution in [0.15, 0.2) is 16.7 Å². The van der Waals surface area contributed by atoms with E-state index in [1.54, 1.807) is 6.20 Å². The molecule has 1 saturated heterocycles. The zero-order valence-electron chi connectivity index (χ0n) is 9.70. The molecule has 1 atom stereocenters. The molecule has 1 aromatic heterocycles. The van der Waals surface area contributed by atoms with Gasteiger partial charge in [0.2, 0.25) is 0 Å². The SMILES string of the molecule is NCC1CCCCCN1c1ncc(Br)cc1Cl. The van der Waals surface area contributed by atoms with Crippen LogP contribution in [0.1, 0.15) is 25.7 Å². The molecule has 0 amide bonds. The summed E-state index contributed by atoms with van der Waals surface area (Å²) in [5.74, 6) is 0.868. The fourth-order valence-corrected chi connectivity index (χ4v) is 3.06. The number of nitrogens with two attached hydrogens (primary N) is 1. The quantitative estimate of drug-likeness (QED) is 0.910. The van der Waals surface area contributed by atoms with Crippen molar-refractivity contribution in [3.63, 3.8) is 0 Å². The number of anilines is 1. The van der Waals surface area contributed by atoms with Gasteiger partial charge in [-0.05, 0) is 34.8 Å². The van der Waals surface area contributed by atoms with E-state index in [0.29, 0.717) is 17.6 Å². The first-order valence-corrected chi connectivity index (χ1v) is 7.17. The molecule has 5 heteroatoms. The van der Waals surface area contributed by atoms with Gasteiger partial charge in [0.25, 0.3) is 0 Å². The van der Waals surface area contributed by atoms with Crippen molar-refractivity contribution in [2.75, 3.05) is 18.0 Å². The second-order valence-electron chi connectivity index (χ2n) is 4.39. The molecule has 17 heavy (non-hydrogen) atoms. The highest BCUT2D eigenvalue weighted by Gasteiger charge is 2.22. The van der Waals surface area contributed by atoms with Gasteiger partial charge in [-0.2, -0.15) is 0 Å². The fraction of sp³-hybridized carbons (Fsp3) is 0.583. The van der Waals surface area contributed by atoms with E-state index in [2.05, 4.69) is 25.8 Å². The van der Waals surface area contributed by atoms with Crippen LogP contribution in [-0.4, -0.2) is 24.1 Å². The van der Waals surface area contributed by atoms with E-state index in [4.69, 9.17) is 17.3 Å². The van der Waals surface area contributed by atoms with E-state index in [-0.39, 0.29) is 0 Å². The summed E-state index contributed by atoms with van der Waals surface area (Å²) < 4.78 is 0.908. The van der Waals surface area contributed by atoms with Crippen molar-refractivity contribution in [1.29, 1.82) is 0 Å². The summed E-state index contributed by atoms with van der Waals surface area (Å²) in [6.07, 6.45) is 6.61. The fourth-order valence-electron chi connectivity index (χ4n) is 2.32. The van der Waals surface area contributed by atoms with Crippen LogP contribution in [0.5, 0.6) is 0 Å². The maximum Gasteiger partial charge on any atom is 0.147 e. The molecule has 0 aliphatic carbocycles. The number of hydrogen-bond acceptors (Lipinski definition) is 3. The lowest BCUT2D eigenvalue weighted by molar-refractivity contribution is 0.576. The second-order valence-corrected chi connectivity index (χ2v) is 5.71. The zero-order chi connectivity index (χ0) is 12.3. The Hall–Kier alpha value is -0.320. The van der Waals surface area contributed by atoms with Crippen molar-refractivity contribution >= 4 is 33.3 Å². The Morgan fingerprint density at radius 1 is 1.47 bits per heavy atom. The predicted octanol–water partition coefficient (Wildman–Crippen LogP) is 3.21. The summed E-state index contributed by atoms with van der Waals surface area (Å²) in [5.41, 5.74) is 5.86. The first-order valence-electron chi connectivity index (χ1n) is 6.00. The van der Waals surface area contributed by atoms with Gasteiger partial charge in [0.05, 0.1) is 5.02 Å². The Balaban J connectivity index is 2.28. The van der Waals surface area contributed by atoms with Crippen LogP contribution in [0.4, 0.5) is 5.82 Å². The van der Waals surface area contributed by atoms with Crippen LogP contribution in [0, 0.1) is 0 Å². The molecule has 1 aromatic rings. The Morgan fingerprint density at radius 2 is 2.29 bits per heavy atom. The monoisotopic (exact) mass is 317 g/mol. The predicted molar refractivity (Wildman–Crippen MR) is 75.6 cm³/mol. The molecule has 1 fully saturated rings. The summed E-state index contributed by atoms with van der Waals surface area (Å²) in [4.78, 5) is 6.70. The van der Waals surface area contributed by atoms with Crippen molar-refractivity contribution in [3.05, 3.63) is 21.8 Å². The molecule has 2 N–H and O–H groups in total. The van der Waals surface area contributed by atoms with Gasteiger partial charge in [0.15, 0.2) is 0 Å². The van der Waals surface area contributed by atoms with E-state index in [9.17, 15) is 0 Å². The molecule has 2 heterocycles. The van der Waals surface area contributed by atoms with Crippen molar-refractivity contribution < 1.29 is 0 Å². The molecule has 0 spiro atoms. The summed E-state index contributed by atoms with van der Waals surface area (Å²) in [7, 11) is 0. The minimum Gasteiger partial charge on any atom is -0.351 e. The molecule has 3 nitrogen and oxygen atoms in total. The van der Waals surface area contributed by atoms with Crippen molar-refractivity contribution in [2.24, 2.45) is 5.73 Å². The third-order valence-electron chi connectivity index (χ3n) is 3.21. The Kier molecular flexibility index (Phi) is 4.65. The number of pyridine rings is 1. The summed E-state index contributed by atoms with van der Waals surface area (Å²) in [5, 5.41) is 0.694. The van der Waals surface area contributed by atoms with Crippen molar-refractivity contribution in [2.45, 2.75) is 31.7 Å². The lowest BCUT2D eigenvalue weighted by Gasteiger charge is -2.30. The number of aromatic nitrogens is 1. The molecule has 1 unspecified atom stereocenters. The topological polar surface area (TPSA) is 42.1 Å². The standard InChI is InChI=1S/C12H17BrClN3/c13-9-6-11(14)12(16-8-9)17-5-3-1-2-4-10(17)7-15/h6,8,10H,1-5,7,15H2. The van der Waals surface area contributed by atoms with E-state index in [1.807, 2.05) is 6.07 Å². The molecule has 0 saturated carbocycles. The maximum absolute atomic E-state index is 6.26. The van der Waals surface area contributed by atoms with Crippen molar-refractivity contribution in [3.8, 4) is 0 Å². The zero-order valence-corrected chi connectivity index (χ0v) is 12.0. The largest absolute Gasteiger partial charge is 0.351 e. The Bertz CT molecular complexity index is 386. The molecular formula is C12H17BrClN3. The molecule has 0 bridgehead atoms. The molecule has 1 aliphatic rings. The van der Waals surface area contributed by atoms with Gasteiger partial charge in [-0.3, -0.25) is 0 Å². The minimum absolute atomic E-state index is 0.365. The first kappa shape index (κ1) is 13.1. The molecule has 2 rings (SSSR count). The third-order valence-corrected chi connectivity index (χ3v) is 3.92. The van der Waals surface area contributed by atoms with Gasteiger partial charge in [-0.15, -0.1) is 0 Å². The highest BCUT2D eigenvalue weighted by atomic mass is 79.9. The molecule has 94 valence electrons. The highest BCUT2D eigenvalue weighted by Crippen LogP contribution is 2.30. The van der Waals surface area contributed by atoms with E-state index < -0.39 is 0 Å². The van der Waals surface area contributed by atoms with Crippen LogP contribution < -0.4 is 10.6 Å². The summed E-state index contributed by atoms with van der Waals surface area (Å²) in [6.45, 7) is 1.66. The van der Waals surface area contributed by atoms with Crippen LogP contribution in [0.3, 0.4) is 0 Å². The first-order chi connectivity index (χ1) is 8.22. The van der Waals surface area contributed by atoms with E-state index >= 15 is 0 Å². The minimum atomic E-state index is 0.365. The smallest absolute Gasteiger partial charge is 0.147 e. The molecule has 0 aromatic carbocycles. The number of hydrogen-bond donors (Lipinski definition) is 1. The normalized spacial score (nSPS) is 21.4. The third kappa shape index (κ3) is 3.12. The second kappa shape index (κ2) is 6.03. The Labute approximate surface area is 115 Å². The van der Waals surface area contributed by atoms with Gasteiger partial charge in [-0.25, -0.2) is 4.98 Å². The van der Waals surface area contributed by atoms with Crippen LogP contribution in [0.25, 0.3) is 0 Å². The van der Waals surface area contributed by atoms with Gasteiger partial charge in [0.1, 0.15) is 5.82 Å². The highest BCUT2D eigenvalue weighted by molar-refractivity contribution is 9.10. The molecule has 0 radical (unpaired) electrons. The number of nitrogens with zero attached hydrogens (tertiary/aromatic N) is 2. The molecular weight excluding hydrogens is 302 g/mol. The Morgan fingerprint density at radius 3 is 3.00 bits per heavy atom. The lowest BCUT2D eigenvalue weighted by atomic mass is 10.1. The summed E-state index contributed by atoms with van der Waals surface area (Å²) in [6, 6.07) is 2.26. The van der Waals surface area contributed by atoms with Gasteiger partial charge in [0, 0.05) is 29.8 Å². The van der Waals surface area contributed by atoms with Crippen molar-refractivity contribution in [1.82, 2.24) is 4.98 Å². The van der Waals surface area contributed by atoms with Crippen LogP contribution in [-0.2, 0) is 0 Å². The number of rotatable bonds is 2. The molecule has 1 aliphatic heterocycles. The average molecular weight is 319 g/mol. The van der Waals surface area contributed by atoms with Crippen LogP contribution >= 0.6 is 27.5 Å². The summed E-state index contributed by atoms with van der Waals surface area (Å²) >= 11 is 9.64. The van der Waals surface area contributed by atoms with Crippen LogP contribution in [0.2, 0.25) is 5.02 Å². The van der Waals surface area contributed by atoms with E-state index in [1.165, 1.54) is 19.3 Å². The van der Waals surface area contributed by atoms with Gasteiger partial charge >= 0.3 is 0 Å². The number of halogens is 2. The van der Waals surface area contributed by atoms with Gasteiger partial charge < -0.3 is 10.6 Å². The van der Waals surface area contributed by atoms with Gasteiger partial charge in [-0.1, -0.05) is 24.4 Å². The van der Waals surface area contributed by atoms with E-state index in [0.717, 1.165) is 23.3 Å². The average Bonchev–Trinajstić information content (AvgIpc) is 2.54. The lowest BCUT2D eigenvalue weighted by Crippen LogP contribution is -2.40. The maximum atomic E-state index is 6.26.